The number of hydrogen-bond donors (Lipinski definition) is 1. The molecular weight excluding hydrogens is 256 g/mol. The summed E-state index contributed by atoms with van der Waals surface area (Å²) in [6.45, 7) is 2.98. The molecule has 3 fully saturated rings. The second-order valence-corrected chi connectivity index (χ2v) is 8.19. The topological polar surface area (TPSA) is 29.5 Å². The van der Waals surface area contributed by atoms with Gasteiger partial charge in [-0.2, -0.15) is 11.8 Å². The third-order valence-corrected chi connectivity index (χ3v) is 7.04. The molecule has 1 N–H and O–H groups in total. The first kappa shape index (κ1) is 14.2. The molecule has 0 aromatic rings. The molecule has 3 heteroatoms. The van der Waals surface area contributed by atoms with Crippen LogP contribution in [-0.4, -0.2) is 34.4 Å². The SMILES string of the molecule is CC(O)(C1CCCCC1)C1CCOC2(CCSC2)C1. The zero-order chi connectivity index (χ0) is 13.3. The molecule has 1 spiro atoms. The lowest BCUT2D eigenvalue weighted by atomic mass is 9.67. The van der Waals surface area contributed by atoms with Gasteiger partial charge in [-0.1, -0.05) is 19.3 Å². The van der Waals surface area contributed by atoms with Crippen LogP contribution in [0.15, 0.2) is 0 Å². The molecule has 2 heterocycles. The van der Waals surface area contributed by atoms with Gasteiger partial charge >= 0.3 is 0 Å². The lowest BCUT2D eigenvalue weighted by Gasteiger charge is -2.47. The minimum Gasteiger partial charge on any atom is -0.390 e. The molecule has 3 unspecified atom stereocenters. The Morgan fingerprint density at radius 2 is 1.95 bits per heavy atom. The second kappa shape index (κ2) is 5.57. The van der Waals surface area contributed by atoms with E-state index in [1.165, 1.54) is 44.3 Å². The van der Waals surface area contributed by atoms with Crippen LogP contribution < -0.4 is 0 Å². The lowest BCUT2D eigenvalue weighted by Crippen LogP contribution is -2.51. The average molecular weight is 284 g/mol. The van der Waals surface area contributed by atoms with Gasteiger partial charge in [0.15, 0.2) is 0 Å². The van der Waals surface area contributed by atoms with Gasteiger partial charge in [-0.3, -0.25) is 0 Å². The van der Waals surface area contributed by atoms with Gasteiger partial charge in [0, 0.05) is 12.4 Å². The molecule has 19 heavy (non-hydrogen) atoms. The molecular formula is C16H28O2S. The maximum atomic E-state index is 11.1. The molecule has 3 rings (SSSR count). The highest BCUT2D eigenvalue weighted by molar-refractivity contribution is 7.99. The van der Waals surface area contributed by atoms with Crippen LogP contribution in [0.3, 0.4) is 0 Å². The lowest BCUT2D eigenvalue weighted by molar-refractivity contribution is -0.147. The Morgan fingerprint density at radius 3 is 2.63 bits per heavy atom. The van der Waals surface area contributed by atoms with E-state index in [0.717, 1.165) is 25.2 Å². The van der Waals surface area contributed by atoms with Gasteiger partial charge in [-0.25, -0.2) is 0 Å². The summed E-state index contributed by atoms with van der Waals surface area (Å²) in [6, 6.07) is 0. The van der Waals surface area contributed by atoms with Gasteiger partial charge in [0.05, 0.1) is 11.2 Å². The first-order valence-corrected chi connectivity index (χ1v) is 9.22. The maximum Gasteiger partial charge on any atom is 0.0784 e. The van der Waals surface area contributed by atoms with Gasteiger partial charge in [0.2, 0.25) is 0 Å². The van der Waals surface area contributed by atoms with Crippen LogP contribution in [0.25, 0.3) is 0 Å². The third kappa shape index (κ3) is 2.84. The van der Waals surface area contributed by atoms with Crippen molar-refractivity contribution in [1.29, 1.82) is 0 Å². The number of aliphatic hydroxyl groups is 1. The Kier molecular flexibility index (Phi) is 4.17. The van der Waals surface area contributed by atoms with Crippen LogP contribution >= 0.6 is 11.8 Å². The van der Waals surface area contributed by atoms with Crippen molar-refractivity contribution in [2.45, 2.75) is 69.5 Å². The van der Waals surface area contributed by atoms with E-state index in [2.05, 4.69) is 6.92 Å². The normalized spacial score (nSPS) is 40.4. The highest BCUT2D eigenvalue weighted by Crippen LogP contribution is 2.47. The van der Waals surface area contributed by atoms with Crippen molar-refractivity contribution in [3.63, 3.8) is 0 Å². The Bertz CT molecular complexity index is 304. The summed E-state index contributed by atoms with van der Waals surface area (Å²) in [5.74, 6) is 3.35. The summed E-state index contributed by atoms with van der Waals surface area (Å²) in [4.78, 5) is 0. The first-order chi connectivity index (χ1) is 9.12. The molecule has 0 radical (unpaired) electrons. The zero-order valence-electron chi connectivity index (χ0n) is 12.2. The van der Waals surface area contributed by atoms with E-state index in [-0.39, 0.29) is 5.60 Å². The molecule has 0 amide bonds. The van der Waals surface area contributed by atoms with Crippen molar-refractivity contribution < 1.29 is 9.84 Å². The van der Waals surface area contributed by atoms with Crippen LogP contribution in [0.5, 0.6) is 0 Å². The molecule has 2 aliphatic heterocycles. The fraction of sp³-hybridized carbons (Fsp3) is 1.00. The van der Waals surface area contributed by atoms with Gasteiger partial charge in [0.25, 0.3) is 0 Å². The molecule has 0 bridgehead atoms. The molecule has 3 atom stereocenters. The summed E-state index contributed by atoms with van der Waals surface area (Å²) in [5.41, 5.74) is -0.364. The predicted molar refractivity (Wildman–Crippen MR) is 80.5 cm³/mol. The minimum atomic E-state index is -0.468. The Labute approximate surface area is 121 Å². The van der Waals surface area contributed by atoms with Crippen molar-refractivity contribution in [1.82, 2.24) is 0 Å². The summed E-state index contributed by atoms with van der Waals surface area (Å²) in [7, 11) is 0. The van der Waals surface area contributed by atoms with Gasteiger partial charge in [0.1, 0.15) is 0 Å². The first-order valence-electron chi connectivity index (χ1n) is 8.06. The van der Waals surface area contributed by atoms with Gasteiger partial charge in [-0.05, 0) is 56.6 Å². The van der Waals surface area contributed by atoms with E-state index in [9.17, 15) is 5.11 Å². The fourth-order valence-electron chi connectivity index (χ4n) is 4.41. The Balaban J connectivity index is 1.69. The van der Waals surface area contributed by atoms with Crippen LogP contribution in [0.4, 0.5) is 0 Å². The predicted octanol–water partition coefficient (Wildman–Crippen LogP) is 3.62. The van der Waals surface area contributed by atoms with E-state index in [0.29, 0.717) is 11.8 Å². The van der Waals surface area contributed by atoms with E-state index in [1.807, 2.05) is 11.8 Å². The molecule has 1 saturated carbocycles. The van der Waals surface area contributed by atoms with Crippen LogP contribution in [0.2, 0.25) is 0 Å². The Hall–Kier alpha value is 0.270. The fourth-order valence-corrected chi connectivity index (χ4v) is 5.79. The summed E-state index contributed by atoms with van der Waals surface area (Å²) < 4.78 is 6.11. The molecule has 0 aromatic carbocycles. The summed E-state index contributed by atoms with van der Waals surface area (Å²) in [6.07, 6.45) is 9.77. The van der Waals surface area contributed by atoms with E-state index in [1.54, 1.807) is 0 Å². The highest BCUT2D eigenvalue weighted by atomic mass is 32.2. The van der Waals surface area contributed by atoms with Gasteiger partial charge < -0.3 is 9.84 Å². The van der Waals surface area contributed by atoms with Crippen molar-refractivity contribution in [3.05, 3.63) is 0 Å². The Morgan fingerprint density at radius 1 is 1.16 bits per heavy atom. The summed E-state index contributed by atoms with van der Waals surface area (Å²) >= 11 is 2.02. The quantitative estimate of drug-likeness (QED) is 0.840. The standard InChI is InChI=1S/C16H28O2S/c1-15(17,13-5-3-2-4-6-13)14-7-9-18-16(11-14)8-10-19-12-16/h13-14,17H,2-12H2,1H3. The highest BCUT2D eigenvalue weighted by Gasteiger charge is 2.48. The van der Waals surface area contributed by atoms with Crippen molar-refractivity contribution in [2.24, 2.45) is 11.8 Å². The second-order valence-electron chi connectivity index (χ2n) is 7.08. The average Bonchev–Trinajstić information content (AvgIpc) is 2.88. The molecule has 2 nitrogen and oxygen atoms in total. The summed E-state index contributed by atoms with van der Waals surface area (Å²) in [5, 5.41) is 11.1. The van der Waals surface area contributed by atoms with Crippen LogP contribution in [-0.2, 0) is 4.74 Å². The molecule has 0 aromatic heterocycles. The van der Waals surface area contributed by atoms with E-state index >= 15 is 0 Å². The van der Waals surface area contributed by atoms with Crippen molar-refractivity contribution in [3.8, 4) is 0 Å². The number of ether oxygens (including phenoxy) is 1. The number of hydrogen-bond acceptors (Lipinski definition) is 3. The van der Waals surface area contributed by atoms with Crippen LogP contribution in [0, 0.1) is 11.8 Å². The molecule has 110 valence electrons. The zero-order valence-corrected chi connectivity index (χ0v) is 13.0. The molecule has 3 aliphatic rings. The maximum absolute atomic E-state index is 11.1. The largest absolute Gasteiger partial charge is 0.390 e. The number of thioether (sulfide) groups is 1. The van der Waals surface area contributed by atoms with E-state index < -0.39 is 5.60 Å². The monoisotopic (exact) mass is 284 g/mol. The molecule has 2 saturated heterocycles. The smallest absolute Gasteiger partial charge is 0.0784 e. The van der Waals surface area contributed by atoms with Crippen molar-refractivity contribution in [2.75, 3.05) is 18.1 Å². The molecule has 1 aliphatic carbocycles. The third-order valence-electron chi connectivity index (χ3n) is 5.82. The minimum absolute atomic E-state index is 0.103. The van der Waals surface area contributed by atoms with Crippen LogP contribution in [0.1, 0.15) is 58.3 Å². The van der Waals surface area contributed by atoms with Gasteiger partial charge in [-0.15, -0.1) is 0 Å². The van der Waals surface area contributed by atoms with E-state index in [4.69, 9.17) is 4.74 Å². The number of rotatable bonds is 2. The van der Waals surface area contributed by atoms with Crippen molar-refractivity contribution >= 4 is 11.8 Å².